The third kappa shape index (κ3) is 11.0. The van der Waals surface area contributed by atoms with Crippen LogP contribution in [-0.2, 0) is 0 Å². The molecule has 0 aliphatic carbocycles. The molecule has 26 aromatic rings. The predicted octanol–water partition coefficient (Wildman–Crippen LogP) is 32.6. The highest BCUT2D eigenvalue weighted by Crippen LogP contribution is 2.53. The zero-order chi connectivity index (χ0) is 78.2. The fraction of sp³-hybridized carbons (Fsp3) is 0. The lowest BCUT2D eigenvalue weighted by molar-refractivity contribution is 0.665. The van der Waals surface area contributed by atoms with E-state index in [2.05, 4.69) is 348 Å². The van der Waals surface area contributed by atoms with Crippen molar-refractivity contribution >= 4 is 237 Å². The number of para-hydroxylation sites is 12. The zero-order valence-electron chi connectivity index (χ0n) is 64.0. The number of benzene rings is 20. The van der Waals surface area contributed by atoms with Crippen LogP contribution in [0.3, 0.4) is 0 Å². The summed E-state index contributed by atoms with van der Waals surface area (Å²) in [6.07, 6.45) is 0. The van der Waals surface area contributed by atoms with Gasteiger partial charge in [-0.25, -0.2) is 0 Å². The molecule has 0 unspecified atom stereocenters. The second-order valence-electron chi connectivity index (χ2n) is 30.4. The Labute approximate surface area is 680 Å². The molecule has 6 heterocycles. The maximum atomic E-state index is 6.63. The molecule has 0 aliphatic heterocycles. The highest BCUT2D eigenvalue weighted by atomic mass is 16.4. The van der Waals surface area contributed by atoms with Gasteiger partial charge in [0.05, 0.1) is 39.8 Å². The third-order valence-corrected chi connectivity index (χ3v) is 23.7. The lowest BCUT2D eigenvalue weighted by Crippen LogP contribution is -2.12. The van der Waals surface area contributed by atoms with Gasteiger partial charge in [-0.1, -0.05) is 291 Å². The smallest absolute Gasteiger partial charge is 0.159 e. The molecule has 0 aliphatic rings. The fourth-order valence-corrected chi connectivity index (χ4v) is 18.2. The van der Waals surface area contributed by atoms with Gasteiger partial charge in [-0.15, -0.1) is 0 Å². The van der Waals surface area contributed by atoms with E-state index in [9.17, 15) is 0 Å². The molecule has 0 saturated carbocycles. The summed E-state index contributed by atoms with van der Waals surface area (Å²) < 4.78 is 39.4. The van der Waals surface area contributed by atoms with Crippen LogP contribution in [0.15, 0.2) is 433 Å². The Morgan fingerprint density at radius 2 is 0.345 bits per heavy atom. The van der Waals surface area contributed by atoms with Gasteiger partial charge in [0, 0.05) is 86.8 Å². The van der Waals surface area contributed by atoms with E-state index in [0.717, 1.165) is 194 Å². The van der Waals surface area contributed by atoms with Gasteiger partial charge in [-0.3, -0.25) is 0 Å². The molecule has 20 aromatic carbocycles. The quantitative estimate of drug-likeness (QED) is 0.131. The summed E-state index contributed by atoms with van der Waals surface area (Å²) in [4.78, 5) is 6.89. The van der Waals surface area contributed by atoms with Crippen molar-refractivity contribution in [2.75, 3.05) is 14.7 Å². The summed E-state index contributed by atoms with van der Waals surface area (Å²) in [6.45, 7) is 0. The third-order valence-electron chi connectivity index (χ3n) is 23.7. The van der Waals surface area contributed by atoms with Gasteiger partial charge in [-0.05, 0) is 158 Å². The summed E-state index contributed by atoms with van der Waals surface area (Å²) in [5, 5.41) is 25.1. The second kappa shape index (κ2) is 27.3. The number of fused-ring (bicyclic) bond motifs is 23. The van der Waals surface area contributed by atoms with Crippen LogP contribution in [0.4, 0.5) is 51.2 Å². The maximum Gasteiger partial charge on any atom is 0.159 e. The average molecular weight is 1530 g/mol. The van der Waals surface area contributed by atoms with Gasteiger partial charge < -0.3 is 41.2 Å². The molecule has 0 radical (unpaired) electrons. The van der Waals surface area contributed by atoms with Crippen LogP contribution in [-0.4, -0.2) is 0 Å². The number of anilines is 9. The van der Waals surface area contributed by atoms with Crippen LogP contribution >= 0.6 is 0 Å². The summed E-state index contributed by atoms with van der Waals surface area (Å²) in [5.41, 5.74) is 19.3. The molecule has 119 heavy (non-hydrogen) atoms. The number of rotatable bonds is 9. The number of nitrogens with zero attached hydrogens (tertiary/aromatic N) is 3. The lowest BCUT2D eigenvalue weighted by atomic mass is 9.98. The molecule has 558 valence electrons. The molecule has 9 heteroatoms. The Morgan fingerprint density at radius 3 is 0.664 bits per heavy atom. The van der Waals surface area contributed by atoms with E-state index in [-0.39, 0.29) is 0 Å². The van der Waals surface area contributed by atoms with E-state index in [1.54, 1.807) is 0 Å². The van der Waals surface area contributed by atoms with E-state index in [0.29, 0.717) is 0 Å². The average Bonchev–Trinajstić information content (AvgIpc) is 1.63. The minimum atomic E-state index is 0.846. The highest BCUT2D eigenvalue weighted by molar-refractivity contribution is 6.22. The Kier molecular flexibility index (Phi) is 15.5. The van der Waals surface area contributed by atoms with Crippen LogP contribution in [0.5, 0.6) is 0 Å². The molecule has 9 nitrogen and oxygen atoms in total. The SMILES string of the molecule is c1ccc2c(N(c3cccc4c3oc3ccccc34)c3cccc4c3oc3ccccc34)c3ccccc3cc2c1.c1ccc2cc(N(c3cccc4c3oc3ccccc34)c3cccc4c3oc3ccccc34)ccc2c1.c1ccc2cc3cc(N(c4cccc5c4oc4ccccc45)c4cccc5c4oc4ccccc45)ccc3cc2c1. The van der Waals surface area contributed by atoms with Crippen LogP contribution in [0.2, 0.25) is 0 Å². The van der Waals surface area contributed by atoms with Crippen molar-refractivity contribution in [2.24, 2.45) is 0 Å². The molecule has 0 atom stereocenters. The van der Waals surface area contributed by atoms with E-state index in [4.69, 9.17) is 26.5 Å². The van der Waals surface area contributed by atoms with Gasteiger partial charge in [0.1, 0.15) is 33.5 Å². The van der Waals surface area contributed by atoms with E-state index in [1.807, 2.05) is 72.8 Å². The largest absolute Gasteiger partial charge is 0.454 e. The number of hydrogen-bond acceptors (Lipinski definition) is 9. The molecule has 26 rings (SSSR count). The summed E-state index contributed by atoms with van der Waals surface area (Å²) in [5.74, 6) is 0. The van der Waals surface area contributed by atoms with Crippen molar-refractivity contribution in [3.05, 3.63) is 406 Å². The van der Waals surface area contributed by atoms with Gasteiger partial charge in [0.15, 0.2) is 33.5 Å². The zero-order valence-corrected chi connectivity index (χ0v) is 64.0. The molecule has 0 N–H and O–H groups in total. The molecule has 0 bridgehead atoms. The Hall–Kier alpha value is -16.1. The van der Waals surface area contributed by atoms with Crippen LogP contribution in [0.25, 0.3) is 185 Å². The van der Waals surface area contributed by atoms with Gasteiger partial charge in [-0.2, -0.15) is 0 Å². The van der Waals surface area contributed by atoms with Crippen molar-refractivity contribution < 1.29 is 26.5 Å². The minimum absolute atomic E-state index is 0.846. The molecule has 0 spiro atoms. The van der Waals surface area contributed by atoms with Crippen molar-refractivity contribution in [2.45, 2.75) is 0 Å². The Morgan fingerprint density at radius 1 is 0.134 bits per heavy atom. The molecule has 0 saturated heterocycles. The number of furan rings is 6. The summed E-state index contributed by atoms with van der Waals surface area (Å²) in [7, 11) is 0. The predicted molar refractivity (Wildman–Crippen MR) is 495 cm³/mol. The normalized spacial score (nSPS) is 11.9. The van der Waals surface area contributed by atoms with Crippen molar-refractivity contribution in [3.8, 4) is 0 Å². The molecule has 6 aromatic heterocycles. The standard InChI is InChI=1S/2C38H23NO2.C34H21NO2/c1-3-13-26-24(11-1)23-25-12-2-4-14-27(25)36(26)39(32-19-9-17-30-28-15-5-7-21-34(28)40-37(30)32)33-20-10-18-31-29-16-6-8-22-35(29)41-38(31)33;1-2-10-25-22-27-23-28(20-19-26(27)21-24(25)9-1)39(33-15-7-13-31-29-11-3-5-17-35(29)40-37(31)33)34-16-8-14-32-30-12-4-6-18-36(30)41-38(32)34;1-2-10-23-21-24(20-19-22(23)9-1)35(29-15-7-13-27-25-11-3-5-17-31(25)36-33(27)29)30-16-8-14-28-26-12-4-6-18-32(26)37-34(28)30/h2*1-23H;1-21H. The van der Waals surface area contributed by atoms with Crippen LogP contribution in [0.1, 0.15) is 0 Å². The van der Waals surface area contributed by atoms with Gasteiger partial charge >= 0.3 is 0 Å². The second-order valence-corrected chi connectivity index (χ2v) is 30.4. The first-order valence-corrected chi connectivity index (χ1v) is 40.2. The monoisotopic (exact) mass is 1530 g/mol. The Balaban J connectivity index is 0.000000102. The minimum Gasteiger partial charge on any atom is -0.454 e. The van der Waals surface area contributed by atoms with Crippen LogP contribution in [0, 0.1) is 0 Å². The molecular weight excluding hydrogens is 1460 g/mol. The summed E-state index contributed by atoms with van der Waals surface area (Å²) >= 11 is 0. The molecular formula is C110H67N3O6. The van der Waals surface area contributed by atoms with Gasteiger partial charge in [0.2, 0.25) is 0 Å². The first-order valence-electron chi connectivity index (χ1n) is 40.2. The lowest BCUT2D eigenvalue weighted by Gasteiger charge is -2.28. The molecule has 0 fully saturated rings. The first kappa shape index (κ1) is 67.4. The van der Waals surface area contributed by atoms with Crippen molar-refractivity contribution in [1.82, 2.24) is 0 Å². The molecule has 0 amide bonds. The Bertz CT molecular complexity index is 8190. The first-order chi connectivity index (χ1) is 59.0. The highest BCUT2D eigenvalue weighted by Gasteiger charge is 2.29. The van der Waals surface area contributed by atoms with Crippen molar-refractivity contribution in [1.29, 1.82) is 0 Å². The number of hydrogen-bond donors (Lipinski definition) is 0. The van der Waals surface area contributed by atoms with E-state index < -0.39 is 0 Å². The van der Waals surface area contributed by atoms with E-state index >= 15 is 0 Å². The van der Waals surface area contributed by atoms with Crippen molar-refractivity contribution in [3.63, 3.8) is 0 Å². The fourth-order valence-electron chi connectivity index (χ4n) is 18.2. The van der Waals surface area contributed by atoms with Gasteiger partial charge in [0.25, 0.3) is 0 Å². The maximum absolute atomic E-state index is 6.63. The van der Waals surface area contributed by atoms with E-state index in [1.165, 1.54) is 43.1 Å². The topological polar surface area (TPSA) is 88.6 Å². The van der Waals surface area contributed by atoms with Crippen LogP contribution < -0.4 is 14.7 Å². The summed E-state index contributed by atoms with van der Waals surface area (Å²) in [6, 6.07) is 142.